The molecule has 1 saturated heterocycles. The summed E-state index contributed by atoms with van der Waals surface area (Å²) in [6, 6.07) is 0. The van der Waals surface area contributed by atoms with E-state index < -0.39 is 11.9 Å². The third-order valence-corrected chi connectivity index (χ3v) is 3.06. The molecule has 16 heavy (non-hydrogen) atoms. The van der Waals surface area contributed by atoms with Gasteiger partial charge in [-0.1, -0.05) is 13.8 Å². The van der Waals surface area contributed by atoms with E-state index in [9.17, 15) is 9.59 Å². The minimum atomic E-state index is -0.636. The second-order valence-corrected chi connectivity index (χ2v) is 4.63. The van der Waals surface area contributed by atoms with Gasteiger partial charge in [0.25, 0.3) is 0 Å². The van der Waals surface area contributed by atoms with Gasteiger partial charge in [-0.3, -0.25) is 9.59 Å². The minimum Gasteiger partial charge on any atom is -0.468 e. The lowest BCUT2D eigenvalue weighted by atomic mass is 9.93. The molecule has 0 aromatic rings. The number of carbonyl (C=O) groups is 2. The SMILES string of the molecule is COC(=O)C(C(=O)N1CCCCC1)C(C)C. The highest BCUT2D eigenvalue weighted by molar-refractivity contribution is 5.98. The van der Waals surface area contributed by atoms with E-state index in [0.29, 0.717) is 0 Å². The first-order chi connectivity index (χ1) is 7.57. The van der Waals surface area contributed by atoms with Crippen molar-refractivity contribution in [3.05, 3.63) is 0 Å². The Hall–Kier alpha value is -1.06. The van der Waals surface area contributed by atoms with Gasteiger partial charge in [-0.15, -0.1) is 0 Å². The van der Waals surface area contributed by atoms with Crippen LogP contribution in [0.2, 0.25) is 0 Å². The molecule has 1 amide bonds. The van der Waals surface area contributed by atoms with Crippen molar-refractivity contribution in [3.8, 4) is 0 Å². The molecule has 1 fully saturated rings. The average molecular weight is 227 g/mol. The van der Waals surface area contributed by atoms with Gasteiger partial charge < -0.3 is 9.64 Å². The fraction of sp³-hybridized carbons (Fsp3) is 0.833. The van der Waals surface area contributed by atoms with Crippen molar-refractivity contribution < 1.29 is 14.3 Å². The maximum atomic E-state index is 12.2. The van der Waals surface area contributed by atoms with E-state index in [1.54, 1.807) is 4.90 Å². The molecular weight excluding hydrogens is 206 g/mol. The van der Waals surface area contributed by atoms with E-state index in [1.807, 2.05) is 13.8 Å². The van der Waals surface area contributed by atoms with Gasteiger partial charge in [0.05, 0.1) is 7.11 Å². The molecule has 1 atom stereocenters. The zero-order valence-electron chi connectivity index (χ0n) is 10.4. The molecule has 92 valence electrons. The lowest BCUT2D eigenvalue weighted by Crippen LogP contribution is -2.44. The molecule has 0 aromatic carbocycles. The summed E-state index contributed by atoms with van der Waals surface area (Å²) in [6.07, 6.45) is 3.25. The Morgan fingerprint density at radius 3 is 2.12 bits per heavy atom. The number of carbonyl (C=O) groups excluding carboxylic acids is 2. The van der Waals surface area contributed by atoms with Gasteiger partial charge in [-0.2, -0.15) is 0 Å². The second kappa shape index (κ2) is 5.87. The molecule has 1 heterocycles. The first kappa shape index (κ1) is 13.0. The number of likely N-dealkylation sites (tertiary alicyclic amines) is 1. The zero-order chi connectivity index (χ0) is 12.1. The Balaban J connectivity index is 2.69. The van der Waals surface area contributed by atoms with Crippen LogP contribution in [0.3, 0.4) is 0 Å². The predicted molar refractivity (Wildman–Crippen MR) is 60.8 cm³/mol. The van der Waals surface area contributed by atoms with Crippen LogP contribution in [0.5, 0.6) is 0 Å². The number of nitrogens with zero attached hydrogens (tertiary/aromatic N) is 1. The van der Waals surface area contributed by atoms with Gasteiger partial charge in [0.15, 0.2) is 0 Å². The third-order valence-electron chi connectivity index (χ3n) is 3.06. The molecule has 4 heteroatoms. The van der Waals surface area contributed by atoms with Crippen molar-refractivity contribution in [2.45, 2.75) is 33.1 Å². The molecule has 1 unspecified atom stereocenters. The summed E-state index contributed by atoms with van der Waals surface area (Å²) in [6.45, 7) is 5.31. The summed E-state index contributed by atoms with van der Waals surface area (Å²) >= 11 is 0. The van der Waals surface area contributed by atoms with E-state index in [0.717, 1.165) is 25.9 Å². The number of hydrogen-bond acceptors (Lipinski definition) is 3. The van der Waals surface area contributed by atoms with E-state index in [4.69, 9.17) is 4.74 Å². The quantitative estimate of drug-likeness (QED) is 0.541. The van der Waals surface area contributed by atoms with E-state index >= 15 is 0 Å². The van der Waals surface area contributed by atoms with Gasteiger partial charge in [0.1, 0.15) is 5.92 Å². The molecule has 4 nitrogen and oxygen atoms in total. The molecule has 1 rings (SSSR count). The summed E-state index contributed by atoms with van der Waals surface area (Å²) in [5, 5.41) is 0. The molecule has 0 N–H and O–H groups in total. The maximum absolute atomic E-state index is 12.2. The largest absolute Gasteiger partial charge is 0.468 e. The van der Waals surface area contributed by atoms with E-state index in [1.165, 1.54) is 13.5 Å². The fourth-order valence-electron chi connectivity index (χ4n) is 2.10. The lowest BCUT2D eigenvalue weighted by Gasteiger charge is -2.30. The Labute approximate surface area is 96.9 Å². The molecule has 0 spiro atoms. The fourth-order valence-corrected chi connectivity index (χ4v) is 2.10. The number of rotatable bonds is 3. The van der Waals surface area contributed by atoms with Crippen LogP contribution in [-0.2, 0) is 14.3 Å². The van der Waals surface area contributed by atoms with E-state index in [-0.39, 0.29) is 11.8 Å². The highest BCUT2D eigenvalue weighted by atomic mass is 16.5. The Morgan fingerprint density at radius 2 is 1.69 bits per heavy atom. The minimum absolute atomic E-state index is 0.0122. The predicted octanol–water partition coefficient (Wildman–Crippen LogP) is 1.44. The van der Waals surface area contributed by atoms with Crippen molar-refractivity contribution >= 4 is 11.9 Å². The Bertz CT molecular complexity index is 257. The summed E-state index contributed by atoms with van der Waals surface area (Å²) in [5.41, 5.74) is 0. The number of methoxy groups -OCH3 is 1. The lowest BCUT2D eigenvalue weighted by molar-refractivity contribution is -0.156. The van der Waals surface area contributed by atoms with Gasteiger partial charge in [0.2, 0.25) is 5.91 Å². The molecule has 0 aromatic heterocycles. The number of esters is 1. The first-order valence-electron chi connectivity index (χ1n) is 5.94. The molecule has 0 radical (unpaired) electrons. The molecule has 0 saturated carbocycles. The Morgan fingerprint density at radius 1 is 1.12 bits per heavy atom. The van der Waals surface area contributed by atoms with Crippen molar-refractivity contribution in [1.82, 2.24) is 4.90 Å². The topological polar surface area (TPSA) is 46.6 Å². The number of ether oxygens (including phenoxy) is 1. The second-order valence-electron chi connectivity index (χ2n) is 4.63. The van der Waals surface area contributed by atoms with Crippen LogP contribution in [0.25, 0.3) is 0 Å². The summed E-state index contributed by atoms with van der Waals surface area (Å²) in [4.78, 5) is 25.5. The Kier molecular flexibility index (Phi) is 4.77. The van der Waals surface area contributed by atoms with Crippen LogP contribution in [-0.4, -0.2) is 37.0 Å². The van der Waals surface area contributed by atoms with Crippen LogP contribution < -0.4 is 0 Å². The summed E-state index contributed by atoms with van der Waals surface area (Å²) in [7, 11) is 1.33. The highest BCUT2D eigenvalue weighted by Crippen LogP contribution is 2.19. The van der Waals surface area contributed by atoms with Crippen LogP contribution in [0, 0.1) is 11.8 Å². The molecular formula is C12H21NO3. The number of amides is 1. The number of hydrogen-bond donors (Lipinski definition) is 0. The van der Waals surface area contributed by atoms with Gasteiger partial charge in [-0.25, -0.2) is 0 Å². The molecule has 1 aliphatic heterocycles. The van der Waals surface area contributed by atoms with Crippen molar-refractivity contribution in [3.63, 3.8) is 0 Å². The van der Waals surface area contributed by atoms with Gasteiger partial charge in [0, 0.05) is 13.1 Å². The summed E-state index contributed by atoms with van der Waals surface area (Å²) in [5.74, 6) is -1.13. The van der Waals surface area contributed by atoms with Crippen molar-refractivity contribution in [2.24, 2.45) is 11.8 Å². The molecule has 0 bridgehead atoms. The number of piperidine rings is 1. The standard InChI is InChI=1S/C12H21NO3/c1-9(2)10(12(15)16-3)11(14)13-7-5-4-6-8-13/h9-10H,4-8H2,1-3H3. The van der Waals surface area contributed by atoms with Crippen LogP contribution in [0.1, 0.15) is 33.1 Å². The van der Waals surface area contributed by atoms with Crippen molar-refractivity contribution in [1.29, 1.82) is 0 Å². The third kappa shape index (κ3) is 2.97. The molecule has 0 aliphatic carbocycles. The highest BCUT2D eigenvalue weighted by Gasteiger charge is 2.34. The van der Waals surface area contributed by atoms with E-state index in [2.05, 4.69) is 0 Å². The van der Waals surface area contributed by atoms with Gasteiger partial charge in [-0.05, 0) is 25.2 Å². The monoisotopic (exact) mass is 227 g/mol. The van der Waals surface area contributed by atoms with Gasteiger partial charge >= 0.3 is 5.97 Å². The first-order valence-corrected chi connectivity index (χ1v) is 5.94. The van der Waals surface area contributed by atoms with Crippen LogP contribution >= 0.6 is 0 Å². The van der Waals surface area contributed by atoms with Crippen LogP contribution in [0.15, 0.2) is 0 Å². The normalized spacial score (nSPS) is 18.4. The summed E-state index contributed by atoms with van der Waals surface area (Å²) < 4.78 is 4.70. The molecule has 1 aliphatic rings. The van der Waals surface area contributed by atoms with Crippen molar-refractivity contribution in [2.75, 3.05) is 20.2 Å². The maximum Gasteiger partial charge on any atom is 0.318 e. The smallest absolute Gasteiger partial charge is 0.318 e. The average Bonchev–Trinajstić information content (AvgIpc) is 2.29. The van der Waals surface area contributed by atoms with Crippen LogP contribution in [0.4, 0.5) is 0 Å². The zero-order valence-corrected chi connectivity index (χ0v) is 10.4.